The number of rotatable bonds is 13. The number of aliphatic imine (C=N–C) groups is 1. The molecule has 2 aromatic carbocycles. The van der Waals surface area contributed by atoms with Crippen molar-refractivity contribution in [1.82, 2.24) is 0 Å². The molecule has 2 aromatic rings. The fraction of sp³-hybridized carbons (Fsp3) is 0.475. The number of carbonyl (C=O) groups excluding carboxylic acids is 2. The second kappa shape index (κ2) is 26.8. The van der Waals surface area contributed by atoms with Gasteiger partial charge in [-0.05, 0) is 121 Å². The molecular weight excluding hydrogens is 558 g/mol. The molecule has 5 nitrogen and oxygen atoms in total. The molecule has 0 radical (unpaired) electrons. The van der Waals surface area contributed by atoms with Crippen molar-refractivity contribution >= 4 is 22.9 Å². The van der Waals surface area contributed by atoms with E-state index in [1.165, 1.54) is 30.5 Å². The third kappa shape index (κ3) is 22.6. The zero-order chi connectivity index (χ0) is 34.8. The molecule has 2 rings (SSSR count). The first-order chi connectivity index (χ1) is 21.2. The number of allylic oxidation sites excluding steroid dienone is 4. The van der Waals surface area contributed by atoms with E-state index >= 15 is 0 Å². The monoisotopic (exact) mass is 619 g/mol. The normalized spacial score (nSPS) is 11.6. The quantitative estimate of drug-likeness (QED) is 0.0968. The van der Waals surface area contributed by atoms with Gasteiger partial charge in [0.2, 0.25) is 0 Å². The SMILES string of the molecule is C=C(C)C(C)=N/C=C(/c1ccc(OC)cc1)C(C)CC/C=C\C.CC(=O)c1ccc(C)cc1C.CC(C)=O.CCCOCCC. The first-order valence-corrected chi connectivity index (χ1v) is 16.0. The van der Waals surface area contributed by atoms with E-state index in [-0.39, 0.29) is 11.6 Å². The van der Waals surface area contributed by atoms with Crippen molar-refractivity contribution in [2.45, 2.75) is 102 Å². The van der Waals surface area contributed by atoms with Gasteiger partial charge in [-0.1, -0.05) is 75.4 Å². The van der Waals surface area contributed by atoms with E-state index in [0.29, 0.717) is 5.92 Å². The highest BCUT2D eigenvalue weighted by Crippen LogP contribution is 2.28. The number of hydrogen-bond donors (Lipinski definition) is 0. The van der Waals surface area contributed by atoms with Crippen LogP contribution in [0.3, 0.4) is 0 Å². The Morgan fingerprint density at radius 2 is 1.49 bits per heavy atom. The van der Waals surface area contributed by atoms with Crippen LogP contribution in [0.2, 0.25) is 0 Å². The molecule has 0 amide bonds. The lowest BCUT2D eigenvalue weighted by Gasteiger charge is -2.16. The van der Waals surface area contributed by atoms with Crippen LogP contribution in [0, 0.1) is 19.8 Å². The van der Waals surface area contributed by atoms with E-state index in [9.17, 15) is 9.59 Å². The van der Waals surface area contributed by atoms with Crippen molar-refractivity contribution in [2.75, 3.05) is 20.3 Å². The maximum atomic E-state index is 11.0. The molecule has 0 fully saturated rings. The summed E-state index contributed by atoms with van der Waals surface area (Å²) in [5.74, 6) is 1.61. The molecule has 0 bridgehead atoms. The average Bonchev–Trinajstić information content (AvgIpc) is 2.98. The van der Waals surface area contributed by atoms with Gasteiger partial charge >= 0.3 is 0 Å². The molecule has 0 saturated carbocycles. The van der Waals surface area contributed by atoms with Gasteiger partial charge in [-0.2, -0.15) is 0 Å². The number of hydrogen-bond acceptors (Lipinski definition) is 5. The maximum absolute atomic E-state index is 11.0. The first kappa shape index (κ1) is 43.6. The molecule has 0 aliphatic rings. The van der Waals surface area contributed by atoms with Crippen LogP contribution >= 0.6 is 0 Å². The summed E-state index contributed by atoms with van der Waals surface area (Å²) in [6.45, 7) is 27.0. The highest BCUT2D eigenvalue weighted by molar-refractivity contribution is 5.97. The van der Waals surface area contributed by atoms with Gasteiger partial charge in [-0.3, -0.25) is 9.79 Å². The Morgan fingerprint density at radius 1 is 0.933 bits per heavy atom. The van der Waals surface area contributed by atoms with Crippen LogP contribution in [0.4, 0.5) is 0 Å². The highest BCUT2D eigenvalue weighted by atomic mass is 16.5. The van der Waals surface area contributed by atoms with Gasteiger partial charge in [0.05, 0.1) is 7.11 Å². The van der Waals surface area contributed by atoms with Gasteiger partial charge in [0, 0.05) is 30.7 Å². The number of ketones is 2. The van der Waals surface area contributed by atoms with Crippen molar-refractivity contribution in [3.63, 3.8) is 0 Å². The number of aryl methyl sites for hydroxylation is 2. The summed E-state index contributed by atoms with van der Waals surface area (Å²) >= 11 is 0. The Hall–Kier alpha value is -3.57. The number of Topliss-reactive ketones (excluding diaryl/α,β-unsaturated/α-hetero) is 2. The summed E-state index contributed by atoms with van der Waals surface area (Å²) in [5.41, 5.74) is 7.50. The van der Waals surface area contributed by atoms with Crippen molar-refractivity contribution in [3.8, 4) is 5.75 Å². The van der Waals surface area contributed by atoms with Gasteiger partial charge < -0.3 is 14.3 Å². The van der Waals surface area contributed by atoms with E-state index in [0.717, 1.165) is 67.1 Å². The number of carbonyl (C=O) groups is 2. The molecule has 5 heteroatoms. The number of methoxy groups -OCH3 is 1. The molecule has 0 heterocycles. The third-order valence-corrected chi connectivity index (χ3v) is 6.43. The van der Waals surface area contributed by atoms with E-state index in [4.69, 9.17) is 9.47 Å². The Kier molecular flexibility index (Phi) is 25.9. The Morgan fingerprint density at radius 3 is 1.91 bits per heavy atom. The predicted molar refractivity (Wildman–Crippen MR) is 196 cm³/mol. The molecule has 0 saturated heterocycles. The van der Waals surface area contributed by atoms with Crippen LogP contribution in [-0.2, 0) is 9.53 Å². The van der Waals surface area contributed by atoms with Crippen LogP contribution in [0.1, 0.15) is 115 Å². The largest absolute Gasteiger partial charge is 0.497 e. The molecule has 0 aromatic heterocycles. The molecule has 0 aliphatic heterocycles. The van der Waals surface area contributed by atoms with Crippen molar-refractivity contribution in [1.29, 1.82) is 0 Å². The predicted octanol–water partition coefficient (Wildman–Crippen LogP) is 11.0. The van der Waals surface area contributed by atoms with Crippen LogP contribution in [-0.4, -0.2) is 37.6 Å². The fourth-order valence-electron chi connectivity index (χ4n) is 3.81. The molecule has 0 aliphatic carbocycles. The Balaban J connectivity index is 0. The van der Waals surface area contributed by atoms with Gasteiger partial charge in [-0.15, -0.1) is 0 Å². The lowest BCUT2D eigenvalue weighted by atomic mass is 9.91. The summed E-state index contributed by atoms with van der Waals surface area (Å²) in [6, 6.07) is 14.1. The van der Waals surface area contributed by atoms with E-state index in [1.807, 2.05) is 64.2 Å². The Bertz CT molecular complexity index is 1210. The van der Waals surface area contributed by atoms with E-state index in [1.54, 1.807) is 14.0 Å². The van der Waals surface area contributed by atoms with Crippen LogP contribution in [0.25, 0.3) is 5.57 Å². The topological polar surface area (TPSA) is 65.0 Å². The minimum absolute atomic E-state index is 0.141. The van der Waals surface area contributed by atoms with Crippen LogP contribution in [0.5, 0.6) is 5.75 Å². The van der Waals surface area contributed by atoms with Gasteiger partial charge in [0.25, 0.3) is 0 Å². The smallest absolute Gasteiger partial charge is 0.160 e. The third-order valence-electron chi connectivity index (χ3n) is 6.43. The zero-order valence-corrected chi connectivity index (χ0v) is 30.4. The number of benzene rings is 2. The van der Waals surface area contributed by atoms with Crippen molar-refractivity contribution < 1.29 is 19.1 Å². The van der Waals surface area contributed by atoms with E-state index in [2.05, 4.69) is 63.6 Å². The summed E-state index contributed by atoms with van der Waals surface area (Å²) < 4.78 is 10.4. The standard InChI is InChI=1S/C21H29NO.C10H12O.C6H14O.C3H6O/c1-7-8-9-10-17(4)21(15-22-18(5)16(2)3)19-11-13-20(23-6)14-12-19;1-7-4-5-10(9(3)11)8(2)6-7;1-3-5-7-6-4-2;1-3(2)4/h7-8,11-15,17H,2,9-10H2,1,3-6H3;4-6H,1-3H3;3-6H2,1-2H3;1-2H3/b8-7-,21-15+,22-18?;;;. The molecular formula is C40H61NO4. The summed E-state index contributed by atoms with van der Waals surface area (Å²) in [5, 5.41) is 0. The zero-order valence-electron chi connectivity index (χ0n) is 30.4. The fourth-order valence-corrected chi connectivity index (χ4v) is 3.81. The van der Waals surface area contributed by atoms with Gasteiger partial charge in [0.1, 0.15) is 11.5 Å². The molecule has 1 atom stereocenters. The van der Waals surface area contributed by atoms with Crippen molar-refractivity contribution in [3.05, 3.63) is 95.2 Å². The minimum Gasteiger partial charge on any atom is -0.497 e. The Labute approximate surface area is 275 Å². The van der Waals surface area contributed by atoms with Crippen LogP contribution < -0.4 is 4.74 Å². The maximum Gasteiger partial charge on any atom is 0.160 e. The average molecular weight is 620 g/mol. The summed E-state index contributed by atoms with van der Waals surface area (Å²) in [4.78, 5) is 25.0. The van der Waals surface area contributed by atoms with Gasteiger partial charge in [0.15, 0.2) is 5.78 Å². The highest BCUT2D eigenvalue weighted by Gasteiger charge is 2.11. The molecule has 0 N–H and O–H groups in total. The summed E-state index contributed by atoms with van der Waals surface area (Å²) in [6.07, 6.45) is 10.8. The molecule has 45 heavy (non-hydrogen) atoms. The number of ether oxygens (including phenoxy) is 2. The lowest BCUT2D eigenvalue weighted by Crippen LogP contribution is -2.00. The molecule has 0 spiro atoms. The number of nitrogens with zero attached hydrogens (tertiary/aromatic N) is 1. The second-order valence-electron chi connectivity index (χ2n) is 11.3. The van der Waals surface area contributed by atoms with E-state index < -0.39 is 0 Å². The molecule has 250 valence electrons. The second-order valence-corrected chi connectivity index (χ2v) is 11.3. The van der Waals surface area contributed by atoms with Gasteiger partial charge in [-0.25, -0.2) is 0 Å². The summed E-state index contributed by atoms with van der Waals surface area (Å²) in [7, 11) is 1.69. The first-order valence-electron chi connectivity index (χ1n) is 16.0. The minimum atomic E-state index is 0.141. The van der Waals surface area contributed by atoms with Crippen molar-refractivity contribution in [2.24, 2.45) is 10.9 Å². The lowest BCUT2D eigenvalue weighted by molar-refractivity contribution is -0.115. The molecule has 1 unspecified atom stereocenters. The van der Waals surface area contributed by atoms with Crippen LogP contribution in [0.15, 0.2) is 78.0 Å².